The fourth-order valence-corrected chi connectivity index (χ4v) is 4.12. The summed E-state index contributed by atoms with van der Waals surface area (Å²) in [5.74, 6) is 0.490. The maximum atomic E-state index is 12.5. The van der Waals surface area contributed by atoms with E-state index in [9.17, 15) is 9.59 Å². The highest BCUT2D eigenvalue weighted by atomic mass is 32.1. The van der Waals surface area contributed by atoms with Crippen LogP contribution in [0.4, 0.5) is 10.8 Å². The summed E-state index contributed by atoms with van der Waals surface area (Å²) < 4.78 is 0. The van der Waals surface area contributed by atoms with Gasteiger partial charge in [-0.25, -0.2) is 4.98 Å². The lowest BCUT2D eigenvalue weighted by Gasteiger charge is -2.20. The normalized spacial score (nSPS) is 17.7. The van der Waals surface area contributed by atoms with E-state index in [1.165, 1.54) is 4.88 Å². The summed E-state index contributed by atoms with van der Waals surface area (Å²) in [4.78, 5) is 30.0. The molecule has 2 amide bonds. The molecule has 2 aromatic rings. The number of carbonyl (C=O) groups excluding carboxylic acids is 2. The molecule has 1 aliphatic carbocycles. The van der Waals surface area contributed by atoms with E-state index in [0.717, 1.165) is 38.8 Å². The molecule has 136 valence electrons. The lowest BCUT2D eigenvalue weighted by Crippen LogP contribution is -2.26. The van der Waals surface area contributed by atoms with Crippen LogP contribution in [0.1, 0.15) is 46.8 Å². The van der Waals surface area contributed by atoms with Crippen LogP contribution in [-0.2, 0) is 4.79 Å². The summed E-state index contributed by atoms with van der Waals surface area (Å²) in [7, 11) is 0. The minimum Gasteiger partial charge on any atom is -0.326 e. The zero-order chi connectivity index (χ0) is 17.9. The van der Waals surface area contributed by atoms with Crippen LogP contribution >= 0.6 is 11.3 Å². The Kier molecular flexibility index (Phi) is 4.99. The van der Waals surface area contributed by atoms with Crippen LogP contribution in [0.15, 0.2) is 30.5 Å². The van der Waals surface area contributed by atoms with E-state index in [-0.39, 0.29) is 17.7 Å². The van der Waals surface area contributed by atoms with Gasteiger partial charge in [0.1, 0.15) is 0 Å². The number of aromatic nitrogens is 1. The van der Waals surface area contributed by atoms with Crippen molar-refractivity contribution in [2.75, 3.05) is 23.7 Å². The molecule has 4 rings (SSSR count). The Morgan fingerprint density at radius 3 is 2.69 bits per heavy atom. The van der Waals surface area contributed by atoms with Crippen molar-refractivity contribution < 1.29 is 9.59 Å². The van der Waals surface area contributed by atoms with Gasteiger partial charge in [0, 0.05) is 28.2 Å². The lowest BCUT2D eigenvalue weighted by atomic mass is 9.97. The fourth-order valence-electron chi connectivity index (χ4n) is 3.14. The molecule has 2 aliphatic rings. The van der Waals surface area contributed by atoms with Crippen molar-refractivity contribution in [1.29, 1.82) is 0 Å². The predicted octanol–water partition coefficient (Wildman–Crippen LogP) is 3.21. The second kappa shape index (κ2) is 7.55. The molecule has 3 N–H and O–H groups in total. The van der Waals surface area contributed by atoms with Gasteiger partial charge in [0.15, 0.2) is 5.13 Å². The summed E-state index contributed by atoms with van der Waals surface area (Å²) in [6.07, 6.45) is 6.00. The minimum absolute atomic E-state index is 0.0362. The molecule has 26 heavy (non-hydrogen) atoms. The molecule has 0 unspecified atom stereocenters. The standard InChI is InChI=1S/C19H22N4O2S/c24-17(13-4-5-13)22-15-3-1-2-14(10-15)18(25)23-19-21-11-16(26-19)12-6-8-20-9-7-12/h1-3,10-13,20H,4-9H2,(H,22,24)(H,21,23,25). The highest BCUT2D eigenvalue weighted by Crippen LogP contribution is 2.32. The van der Waals surface area contributed by atoms with Gasteiger partial charge in [-0.2, -0.15) is 0 Å². The van der Waals surface area contributed by atoms with Gasteiger partial charge in [-0.1, -0.05) is 6.07 Å². The number of benzene rings is 1. The first kappa shape index (κ1) is 17.2. The number of hydrogen-bond donors (Lipinski definition) is 3. The predicted molar refractivity (Wildman–Crippen MR) is 103 cm³/mol. The zero-order valence-corrected chi connectivity index (χ0v) is 15.3. The van der Waals surface area contributed by atoms with Crippen molar-refractivity contribution in [3.8, 4) is 0 Å². The third kappa shape index (κ3) is 4.11. The summed E-state index contributed by atoms with van der Waals surface area (Å²) in [5, 5.41) is 9.73. The molecule has 1 saturated heterocycles. The number of amides is 2. The van der Waals surface area contributed by atoms with E-state index in [2.05, 4.69) is 20.9 Å². The van der Waals surface area contributed by atoms with Crippen LogP contribution in [0.2, 0.25) is 0 Å². The first-order valence-electron chi connectivity index (χ1n) is 9.08. The Morgan fingerprint density at radius 1 is 1.12 bits per heavy atom. The van der Waals surface area contributed by atoms with Gasteiger partial charge >= 0.3 is 0 Å². The number of hydrogen-bond acceptors (Lipinski definition) is 5. The summed E-state index contributed by atoms with van der Waals surface area (Å²) in [6.45, 7) is 2.06. The van der Waals surface area contributed by atoms with E-state index < -0.39 is 0 Å². The lowest BCUT2D eigenvalue weighted by molar-refractivity contribution is -0.117. The monoisotopic (exact) mass is 370 g/mol. The van der Waals surface area contributed by atoms with E-state index in [1.54, 1.807) is 35.6 Å². The summed E-state index contributed by atoms with van der Waals surface area (Å²) >= 11 is 1.55. The Morgan fingerprint density at radius 2 is 1.92 bits per heavy atom. The number of nitrogens with one attached hydrogen (secondary N) is 3. The topological polar surface area (TPSA) is 83.1 Å². The van der Waals surface area contributed by atoms with E-state index in [0.29, 0.717) is 22.3 Å². The van der Waals surface area contributed by atoms with Gasteiger partial charge in [0.2, 0.25) is 5.91 Å². The van der Waals surface area contributed by atoms with Crippen molar-refractivity contribution in [3.63, 3.8) is 0 Å². The second-order valence-electron chi connectivity index (χ2n) is 6.89. The molecule has 1 aromatic carbocycles. The zero-order valence-electron chi connectivity index (χ0n) is 14.5. The molecule has 1 saturated carbocycles. The van der Waals surface area contributed by atoms with Crippen LogP contribution in [0.3, 0.4) is 0 Å². The highest BCUT2D eigenvalue weighted by Gasteiger charge is 2.29. The molecule has 0 spiro atoms. The van der Waals surface area contributed by atoms with Gasteiger partial charge in [-0.05, 0) is 62.9 Å². The van der Waals surface area contributed by atoms with Crippen LogP contribution in [0, 0.1) is 5.92 Å². The number of rotatable bonds is 5. The molecule has 1 aliphatic heterocycles. The van der Waals surface area contributed by atoms with E-state index >= 15 is 0 Å². The number of thiazole rings is 1. The Balaban J connectivity index is 1.40. The molecular weight excluding hydrogens is 348 g/mol. The average molecular weight is 370 g/mol. The first-order chi connectivity index (χ1) is 12.7. The second-order valence-corrected chi connectivity index (χ2v) is 7.95. The third-order valence-electron chi connectivity index (χ3n) is 4.83. The summed E-state index contributed by atoms with van der Waals surface area (Å²) in [5.41, 5.74) is 1.17. The Bertz CT molecular complexity index is 809. The van der Waals surface area contributed by atoms with Gasteiger partial charge in [-0.15, -0.1) is 11.3 Å². The van der Waals surface area contributed by atoms with Crippen LogP contribution < -0.4 is 16.0 Å². The molecule has 6 nitrogen and oxygen atoms in total. The van der Waals surface area contributed by atoms with Crippen molar-refractivity contribution in [1.82, 2.24) is 10.3 Å². The molecule has 0 bridgehead atoms. The fraction of sp³-hybridized carbons (Fsp3) is 0.421. The molecular formula is C19H22N4O2S. The SMILES string of the molecule is O=C(Nc1ncc(C2CCNCC2)s1)c1cccc(NC(=O)C2CC2)c1. The van der Waals surface area contributed by atoms with Gasteiger partial charge in [-0.3, -0.25) is 14.9 Å². The van der Waals surface area contributed by atoms with Gasteiger partial charge in [0.25, 0.3) is 5.91 Å². The molecule has 0 atom stereocenters. The van der Waals surface area contributed by atoms with Crippen molar-refractivity contribution in [2.24, 2.45) is 5.92 Å². The number of carbonyl (C=O) groups is 2. The van der Waals surface area contributed by atoms with E-state index in [1.807, 2.05) is 6.20 Å². The average Bonchev–Trinajstić information content (AvgIpc) is 3.42. The molecule has 0 radical (unpaired) electrons. The van der Waals surface area contributed by atoms with Crippen LogP contribution in [0.5, 0.6) is 0 Å². The van der Waals surface area contributed by atoms with Gasteiger partial charge in [0.05, 0.1) is 0 Å². The molecule has 2 heterocycles. The largest absolute Gasteiger partial charge is 0.326 e. The molecule has 2 fully saturated rings. The summed E-state index contributed by atoms with van der Waals surface area (Å²) in [6, 6.07) is 7.02. The van der Waals surface area contributed by atoms with Crippen molar-refractivity contribution >= 4 is 34.0 Å². The van der Waals surface area contributed by atoms with E-state index in [4.69, 9.17) is 0 Å². The van der Waals surface area contributed by atoms with Crippen molar-refractivity contribution in [3.05, 3.63) is 40.9 Å². The minimum atomic E-state index is -0.210. The number of nitrogens with zero attached hydrogens (tertiary/aromatic N) is 1. The van der Waals surface area contributed by atoms with Crippen molar-refractivity contribution in [2.45, 2.75) is 31.6 Å². The maximum Gasteiger partial charge on any atom is 0.257 e. The van der Waals surface area contributed by atoms with Gasteiger partial charge < -0.3 is 10.6 Å². The third-order valence-corrected chi connectivity index (χ3v) is 5.90. The molecule has 1 aromatic heterocycles. The highest BCUT2D eigenvalue weighted by molar-refractivity contribution is 7.15. The number of anilines is 2. The Hall–Kier alpha value is -2.25. The smallest absolute Gasteiger partial charge is 0.257 e. The van der Waals surface area contributed by atoms with Crippen LogP contribution in [-0.4, -0.2) is 29.9 Å². The molecule has 7 heteroatoms. The maximum absolute atomic E-state index is 12.5. The quantitative estimate of drug-likeness (QED) is 0.755. The Labute approximate surface area is 156 Å². The first-order valence-corrected chi connectivity index (χ1v) is 9.89. The number of piperidine rings is 1. The van der Waals surface area contributed by atoms with Crippen LogP contribution in [0.25, 0.3) is 0 Å².